The first-order valence-corrected chi connectivity index (χ1v) is 10.9. The topological polar surface area (TPSA) is 228 Å². The summed E-state index contributed by atoms with van der Waals surface area (Å²) in [4.78, 5) is 60.1. The summed E-state index contributed by atoms with van der Waals surface area (Å²) < 4.78 is 0. The van der Waals surface area contributed by atoms with Gasteiger partial charge >= 0.3 is 11.9 Å². The Morgan fingerprint density at radius 1 is 0.886 bits per heavy atom. The molecule has 0 aromatic heterocycles. The van der Waals surface area contributed by atoms with Crippen molar-refractivity contribution in [1.29, 1.82) is 0 Å². The number of nitrogens with two attached hydrogens (primary N) is 1. The van der Waals surface area contributed by atoms with Gasteiger partial charge in [0.05, 0.1) is 12.6 Å². The third-order valence-corrected chi connectivity index (χ3v) is 5.06. The van der Waals surface area contributed by atoms with E-state index in [1.54, 1.807) is 13.8 Å². The summed E-state index contributed by atoms with van der Waals surface area (Å²) in [5.41, 5.74) is 6.29. The normalized spacial score (nSPS) is 14.3. The number of benzene rings is 1. The van der Waals surface area contributed by atoms with Crippen LogP contribution in [0.4, 0.5) is 0 Å². The van der Waals surface area contributed by atoms with Crippen LogP contribution in [0.3, 0.4) is 0 Å². The second-order valence-corrected chi connectivity index (χ2v) is 8.28. The Labute approximate surface area is 201 Å². The minimum Gasteiger partial charge on any atom is -0.508 e. The number of carboxylic acids is 2. The van der Waals surface area contributed by atoms with Gasteiger partial charge in [-0.1, -0.05) is 26.0 Å². The number of aromatic hydroxyl groups is 1. The number of hydrogen-bond acceptors (Lipinski definition) is 8. The van der Waals surface area contributed by atoms with Gasteiger partial charge in [0.1, 0.15) is 23.9 Å². The fourth-order valence-corrected chi connectivity index (χ4v) is 3.00. The molecular weight excluding hydrogens is 464 g/mol. The van der Waals surface area contributed by atoms with Crippen LogP contribution in [0.5, 0.6) is 5.75 Å². The molecule has 0 heterocycles. The van der Waals surface area contributed by atoms with E-state index >= 15 is 0 Å². The van der Waals surface area contributed by atoms with E-state index in [1.807, 2.05) is 0 Å². The summed E-state index contributed by atoms with van der Waals surface area (Å²) in [6.45, 7) is 2.36. The van der Waals surface area contributed by atoms with Gasteiger partial charge in [-0.3, -0.25) is 19.2 Å². The Morgan fingerprint density at radius 3 is 1.94 bits per heavy atom. The predicted molar refractivity (Wildman–Crippen MR) is 122 cm³/mol. The van der Waals surface area contributed by atoms with E-state index in [0.717, 1.165) is 0 Å². The summed E-state index contributed by atoms with van der Waals surface area (Å²) in [7, 11) is 0. The van der Waals surface area contributed by atoms with Gasteiger partial charge < -0.3 is 42.1 Å². The molecule has 4 atom stereocenters. The first kappa shape index (κ1) is 29.3. The van der Waals surface area contributed by atoms with Crippen LogP contribution in [0, 0.1) is 5.92 Å². The summed E-state index contributed by atoms with van der Waals surface area (Å²) in [5, 5.41) is 43.6. The molecule has 0 saturated heterocycles. The highest BCUT2D eigenvalue weighted by molar-refractivity contribution is 5.94. The molecule has 0 aliphatic rings. The zero-order valence-electron chi connectivity index (χ0n) is 19.4. The number of amides is 3. The lowest BCUT2D eigenvalue weighted by atomic mass is 10.00. The van der Waals surface area contributed by atoms with Gasteiger partial charge in [-0.25, -0.2) is 4.79 Å². The van der Waals surface area contributed by atoms with Crippen molar-refractivity contribution < 1.29 is 44.4 Å². The van der Waals surface area contributed by atoms with Gasteiger partial charge in [0.2, 0.25) is 17.7 Å². The first-order valence-electron chi connectivity index (χ1n) is 10.9. The lowest BCUT2D eigenvalue weighted by Gasteiger charge is -2.27. The molecule has 1 aromatic rings. The highest BCUT2D eigenvalue weighted by atomic mass is 16.4. The van der Waals surface area contributed by atoms with Crippen LogP contribution >= 0.6 is 0 Å². The minimum absolute atomic E-state index is 0.0112. The average Bonchev–Trinajstić information content (AvgIpc) is 2.79. The fraction of sp³-hybridized carbons (Fsp3) is 0.500. The molecule has 4 unspecified atom stereocenters. The Hall–Kier alpha value is -3.71. The predicted octanol–water partition coefficient (Wildman–Crippen LogP) is -1.69. The zero-order valence-corrected chi connectivity index (χ0v) is 19.4. The quantitative estimate of drug-likeness (QED) is 0.146. The maximum atomic E-state index is 13.1. The molecule has 0 fully saturated rings. The SMILES string of the molecule is CC(C)C(NC(=O)C(Cc1ccc(O)cc1)NC(=O)C(N)CCC(=O)O)C(=O)NC(CO)C(=O)O. The summed E-state index contributed by atoms with van der Waals surface area (Å²) in [5.74, 6) is -5.49. The average molecular weight is 497 g/mol. The lowest BCUT2D eigenvalue weighted by molar-refractivity contribution is -0.143. The van der Waals surface area contributed by atoms with Gasteiger partial charge in [-0.15, -0.1) is 0 Å². The van der Waals surface area contributed by atoms with Crippen LogP contribution in [0.25, 0.3) is 0 Å². The number of nitrogens with one attached hydrogen (secondary N) is 3. The second kappa shape index (κ2) is 13.9. The molecule has 1 rings (SSSR count). The number of aliphatic hydroxyl groups excluding tert-OH is 1. The molecule has 35 heavy (non-hydrogen) atoms. The Bertz CT molecular complexity index is 905. The van der Waals surface area contributed by atoms with Crippen molar-refractivity contribution in [2.75, 3.05) is 6.61 Å². The Kier molecular flexibility index (Phi) is 11.6. The van der Waals surface area contributed by atoms with Crippen molar-refractivity contribution in [2.45, 2.75) is 57.3 Å². The third kappa shape index (κ3) is 9.98. The molecule has 0 aliphatic carbocycles. The van der Waals surface area contributed by atoms with Gasteiger partial charge in [0.15, 0.2) is 0 Å². The molecule has 3 amide bonds. The highest BCUT2D eigenvalue weighted by Gasteiger charge is 2.32. The zero-order chi connectivity index (χ0) is 26.7. The van der Waals surface area contributed by atoms with Gasteiger partial charge in [-0.2, -0.15) is 0 Å². The summed E-state index contributed by atoms with van der Waals surface area (Å²) in [6.07, 6.45) is -0.567. The fourth-order valence-electron chi connectivity index (χ4n) is 3.00. The number of carboxylic acid groups (broad SMARTS) is 2. The number of carbonyl (C=O) groups excluding carboxylic acids is 3. The molecule has 194 valence electrons. The van der Waals surface area contributed by atoms with Crippen LogP contribution in [-0.2, 0) is 30.4 Å². The number of hydrogen-bond donors (Lipinski definition) is 8. The maximum absolute atomic E-state index is 13.1. The molecule has 0 spiro atoms. The van der Waals surface area contributed by atoms with Crippen molar-refractivity contribution in [3.05, 3.63) is 29.8 Å². The monoisotopic (exact) mass is 496 g/mol. The van der Waals surface area contributed by atoms with Crippen molar-refractivity contribution in [2.24, 2.45) is 11.7 Å². The van der Waals surface area contributed by atoms with E-state index in [2.05, 4.69) is 16.0 Å². The van der Waals surface area contributed by atoms with Crippen LogP contribution < -0.4 is 21.7 Å². The molecule has 1 aromatic carbocycles. The van der Waals surface area contributed by atoms with E-state index in [-0.39, 0.29) is 25.0 Å². The summed E-state index contributed by atoms with van der Waals surface area (Å²) in [6, 6.07) is 0.619. The molecule has 0 bridgehead atoms. The van der Waals surface area contributed by atoms with E-state index in [9.17, 15) is 29.1 Å². The number of phenolic OH excluding ortho intramolecular Hbond substituents is 1. The van der Waals surface area contributed by atoms with Crippen LogP contribution in [0.2, 0.25) is 0 Å². The van der Waals surface area contributed by atoms with E-state index in [1.165, 1.54) is 24.3 Å². The molecule has 9 N–H and O–H groups in total. The number of aliphatic hydroxyl groups is 1. The number of phenols is 1. The largest absolute Gasteiger partial charge is 0.508 e. The molecule has 0 aliphatic heterocycles. The third-order valence-electron chi connectivity index (χ3n) is 5.06. The molecular formula is C22H32N4O9. The minimum atomic E-state index is -1.57. The maximum Gasteiger partial charge on any atom is 0.328 e. The Balaban J connectivity index is 3.07. The van der Waals surface area contributed by atoms with Gasteiger partial charge in [-0.05, 0) is 30.0 Å². The van der Waals surface area contributed by atoms with Crippen molar-refractivity contribution >= 4 is 29.7 Å². The number of aliphatic carboxylic acids is 2. The van der Waals surface area contributed by atoms with E-state index in [4.69, 9.17) is 21.1 Å². The molecule has 13 nitrogen and oxygen atoms in total. The van der Waals surface area contributed by atoms with Crippen LogP contribution in [0.1, 0.15) is 32.3 Å². The van der Waals surface area contributed by atoms with Gasteiger partial charge in [0, 0.05) is 12.8 Å². The van der Waals surface area contributed by atoms with Crippen LogP contribution in [0.15, 0.2) is 24.3 Å². The second-order valence-electron chi connectivity index (χ2n) is 8.28. The van der Waals surface area contributed by atoms with Gasteiger partial charge in [0.25, 0.3) is 0 Å². The Morgan fingerprint density at radius 2 is 1.46 bits per heavy atom. The van der Waals surface area contributed by atoms with E-state index in [0.29, 0.717) is 5.56 Å². The number of rotatable bonds is 14. The standard InChI is InChI=1S/C22H32N4O9/c1-11(2)18(21(33)25-16(10-27)22(34)35)26-20(32)15(9-12-3-5-13(28)6-4-12)24-19(31)14(23)7-8-17(29)30/h3-6,11,14-16,18,27-28H,7-10,23H2,1-2H3,(H,24,31)(H,25,33)(H,26,32)(H,29,30)(H,34,35). The summed E-state index contributed by atoms with van der Waals surface area (Å²) >= 11 is 0. The highest BCUT2D eigenvalue weighted by Crippen LogP contribution is 2.12. The van der Waals surface area contributed by atoms with Crippen LogP contribution in [-0.4, -0.2) is 80.9 Å². The van der Waals surface area contributed by atoms with E-state index < -0.39 is 66.4 Å². The molecule has 13 heteroatoms. The number of carbonyl (C=O) groups is 5. The molecule has 0 saturated carbocycles. The van der Waals surface area contributed by atoms with Crippen molar-refractivity contribution in [3.63, 3.8) is 0 Å². The molecule has 0 radical (unpaired) electrons. The first-order chi connectivity index (χ1) is 16.3. The lowest BCUT2D eigenvalue weighted by Crippen LogP contribution is -2.59. The van der Waals surface area contributed by atoms with Crippen molar-refractivity contribution in [1.82, 2.24) is 16.0 Å². The van der Waals surface area contributed by atoms with Crippen molar-refractivity contribution in [3.8, 4) is 5.75 Å². The smallest absolute Gasteiger partial charge is 0.328 e.